The lowest BCUT2D eigenvalue weighted by atomic mass is 10.2. The molecule has 1 amide bonds. The van der Waals surface area contributed by atoms with Gasteiger partial charge >= 0.3 is 0 Å². The van der Waals surface area contributed by atoms with Gasteiger partial charge in [-0.2, -0.15) is 0 Å². The molecule has 0 heterocycles. The third-order valence-electron chi connectivity index (χ3n) is 3.60. The van der Waals surface area contributed by atoms with Gasteiger partial charge < -0.3 is 15.1 Å². The van der Waals surface area contributed by atoms with Crippen LogP contribution in [0.5, 0.6) is 0 Å². The molecular formula is C19H25N3O. The van der Waals surface area contributed by atoms with Gasteiger partial charge in [0.2, 0.25) is 5.91 Å². The first-order valence-electron chi connectivity index (χ1n) is 7.90. The van der Waals surface area contributed by atoms with E-state index in [9.17, 15) is 4.79 Å². The van der Waals surface area contributed by atoms with Crippen LogP contribution in [-0.4, -0.2) is 49.4 Å². The molecule has 0 fully saturated rings. The van der Waals surface area contributed by atoms with Gasteiger partial charge in [0.25, 0.3) is 0 Å². The van der Waals surface area contributed by atoms with Crippen LogP contribution in [0.15, 0.2) is 60.7 Å². The number of para-hydroxylation sites is 1. The van der Waals surface area contributed by atoms with Crippen molar-refractivity contribution in [1.82, 2.24) is 9.80 Å². The smallest absolute Gasteiger partial charge is 0.242 e. The van der Waals surface area contributed by atoms with Gasteiger partial charge in [-0.05, 0) is 31.8 Å². The Bertz CT molecular complexity index is 584. The maximum absolute atomic E-state index is 12.6. The summed E-state index contributed by atoms with van der Waals surface area (Å²) in [5.41, 5.74) is 2.12. The standard InChI is InChI=1S/C19H25N3O/c1-21(2)13-14-22(16-17-9-5-3-6-10-17)19(23)15-20-18-11-7-4-8-12-18/h3-12,20H,13-16H2,1-2H3. The van der Waals surface area contributed by atoms with Crippen LogP contribution >= 0.6 is 0 Å². The Balaban J connectivity index is 1.95. The molecule has 122 valence electrons. The first kappa shape index (κ1) is 17.0. The molecule has 0 aliphatic carbocycles. The van der Waals surface area contributed by atoms with E-state index in [0.29, 0.717) is 13.1 Å². The maximum Gasteiger partial charge on any atom is 0.242 e. The minimum absolute atomic E-state index is 0.111. The van der Waals surface area contributed by atoms with Crippen LogP contribution < -0.4 is 5.32 Å². The highest BCUT2D eigenvalue weighted by atomic mass is 16.2. The topological polar surface area (TPSA) is 35.6 Å². The molecule has 0 aliphatic heterocycles. The molecule has 0 unspecified atom stereocenters. The van der Waals surface area contributed by atoms with Gasteiger partial charge in [0.1, 0.15) is 0 Å². The van der Waals surface area contributed by atoms with Crippen molar-refractivity contribution in [3.05, 3.63) is 66.2 Å². The van der Waals surface area contributed by atoms with E-state index in [-0.39, 0.29) is 5.91 Å². The number of benzene rings is 2. The molecule has 0 aliphatic rings. The van der Waals surface area contributed by atoms with Gasteiger partial charge in [-0.3, -0.25) is 4.79 Å². The fourth-order valence-corrected chi connectivity index (χ4v) is 2.26. The van der Waals surface area contributed by atoms with E-state index in [0.717, 1.165) is 24.3 Å². The number of anilines is 1. The lowest BCUT2D eigenvalue weighted by Gasteiger charge is -2.25. The lowest BCUT2D eigenvalue weighted by Crippen LogP contribution is -2.39. The summed E-state index contributed by atoms with van der Waals surface area (Å²) >= 11 is 0. The van der Waals surface area contributed by atoms with Gasteiger partial charge in [0.05, 0.1) is 6.54 Å². The molecule has 2 aromatic carbocycles. The Morgan fingerprint density at radius 3 is 2.13 bits per heavy atom. The van der Waals surface area contributed by atoms with Crippen LogP contribution in [0.25, 0.3) is 0 Å². The summed E-state index contributed by atoms with van der Waals surface area (Å²) < 4.78 is 0. The molecule has 0 radical (unpaired) electrons. The normalized spacial score (nSPS) is 10.6. The van der Waals surface area contributed by atoms with E-state index in [1.54, 1.807) is 0 Å². The number of amides is 1. The molecule has 2 rings (SSSR count). The van der Waals surface area contributed by atoms with Crippen molar-refractivity contribution in [3.8, 4) is 0 Å². The predicted molar refractivity (Wildman–Crippen MR) is 95.3 cm³/mol. The average molecular weight is 311 g/mol. The molecule has 0 bridgehead atoms. The van der Waals surface area contributed by atoms with Crippen molar-refractivity contribution in [2.24, 2.45) is 0 Å². The number of nitrogens with one attached hydrogen (secondary N) is 1. The molecular weight excluding hydrogens is 286 g/mol. The third kappa shape index (κ3) is 6.12. The maximum atomic E-state index is 12.6. The number of hydrogen-bond donors (Lipinski definition) is 1. The summed E-state index contributed by atoms with van der Waals surface area (Å²) in [6, 6.07) is 19.9. The van der Waals surface area contributed by atoms with Crippen molar-refractivity contribution in [3.63, 3.8) is 0 Å². The van der Waals surface area contributed by atoms with Crippen LogP contribution in [0.3, 0.4) is 0 Å². The summed E-state index contributed by atoms with van der Waals surface area (Å²) in [6.45, 7) is 2.52. The van der Waals surface area contributed by atoms with Gasteiger partial charge in [-0.25, -0.2) is 0 Å². The SMILES string of the molecule is CN(C)CCN(Cc1ccccc1)C(=O)CNc1ccccc1. The first-order chi connectivity index (χ1) is 11.1. The van der Waals surface area contributed by atoms with Gasteiger partial charge in [-0.15, -0.1) is 0 Å². The second-order valence-electron chi connectivity index (χ2n) is 5.82. The van der Waals surface area contributed by atoms with Crippen molar-refractivity contribution >= 4 is 11.6 Å². The Labute approximate surface area is 138 Å². The summed E-state index contributed by atoms with van der Waals surface area (Å²) in [5, 5.41) is 3.19. The Morgan fingerprint density at radius 1 is 0.913 bits per heavy atom. The second kappa shape index (κ2) is 8.96. The minimum Gasteiger partial charge on any atom is -0.376 e. The molecule has 4 nitrogen and oxygen atoms in total. The zero-order chi connectivity index (χ0) is 16.5. The van der Waals surface area contributed by atoms with Gasteiger partial charge in [0.15, 0.2) is 0 Å². The Kier molecular flexibility index (Phi) is 6.63. The predicted octanol–water partition coefficient (Wildman–Crippen LogP) is 2.69. The van der Waals surface area contributed by atoms with E-state index in [1.807, 2.05) is 67.5 Å². The number of likely N-dealkylation sites (N-methyl/N-ethyl adjacent to an activating group) is 1. The van der Waals surface area contributed by atoms with Crippen molar-refractivity contribution in [1.29, 1.82) is 0 Å². The van der Waals surface area contributed by atoms with Crippen molar-refractivity contribution in [2.75, 3.05) is 39.0 Å². The zero-order valence-electron chi connectivity index (χ0n) is 13.9. The number of carbonyl (C=O) groups excluding carboxylic acids is 1. The van der Waals surface area contributed by atoms with Crippen LogP contribution in [0.2, 0.25) is 0 Å². The molecule has 4 heteroatoms. The van der Waals surface area contributed by atoms with Crippen LogP contribution in [0, 0.1) is 0 Å². The van der Waals surface area contributed by atoms with Crippen LogP contribution in [0.4, 0.5) is 5.69 Å². The van der Waals surface area contributed by atoms with E-state index in [1.165, 1.54) is 0 Å². The van der Waals surface area contributed by atoms with Crippen molar-refractivity contribution in [2.45, 2.75) is 6.54 Å². The molecule has 0 saturated carbocycles. The summed E-state index contributed by atoms with van der Waals surface area (Å²) in [6.07, 6.45) is 0. The van der Waals surface area contributed by atoms with Crippen LogP contribution in [0.1, 0.15) is 5.56 Å². The number of nitrogens with zero attached hydrogens (tertiary/aromatic N) is 2. The summed E-state index contributed by atoms with van der Waals surface area (Å²) in [4.78, 5) is 16.6. The Hall–Kier alpha value is -2.33. The Morgan fingerprint density at radius 2 is 1.52 bits per heavy atom. The molecule has 0 aromatic heterocycles. The number of hydrogen-bond acceptors (Lipinski definition) is 3. The average Bonchev–Trinajstić information content (AvgIpc) is 2.58. The highest BCUT2D eigenvalue weighted by Crippen LogP contribution is 2.07. The summed E-state index contributed by atoms with van der Waals surface area (Å²) in [5.74, 6) is 0.111. The number of carbonyl (C=O) groups is 1. The highest BCUT2D eigenvalue weighted by Gasteiger charge is 2.14. The zero-order valence-corrected chi connectivity index (χ0v) is 13.9. The molecule has 1 N–H and O–H groups in total. The van der Waals surface area contributed by atoms with Gasteiger partial charge in [-0.1, -0.05) is 48.5 Å². The quantitative estimate of drug-likeness (QED) is 0.814. The van der Waals surface area contributed by atoms with E-state index in [2.05, 4.69) is 22.3 Å². The largest absolute Gasteiger partial charge is 0.376 e. The van der Waals surface area contributed by atoms with Crippen molar-refractivity contribution < 1.29 is 4.79 Å². The molecule has 0 atom stereocenters. The van der Waals surface area contributed by atoms with Crippen LogP contribution in [-0.2, 0) is 11.3 Å². The molecule has 2 aromatic rings. The fourth-order valence-electron chi connectivity index (χ4n) is 2.26. The second-order valence-corrected chi connectivity index (χ2v) is 5.82. The van der Waals surface area contributed by atoms with E-state index in [4.69, 9.17) is 0 Å². The van der Waals surface area contributed by atoms with Gasteiger partial charge in [0, 0.05) is 25.3 Å². The first-order valence-corrected chi connectivity index (χ1v) is 7.90. The van der Waals surface area contributed by atoms with E-state index < -0.39 is 0 Å². The molecule has 23 heavy (non-hydrogen) atoms. The number of rotatable bonds is 8. The third-order valence-corrected chi connectivity index (χ3v) is 3.60. The highest BCUT2D eigenvalue weighted by molar-refractivity contribution is 5.80. The monoisotopic (exact) mass is 311 g/mol. The van der Waals surface area contributed by atoms with E-state index >= 15 is 0 Å². The summed E-state index contributed by atoms with van der Waals surface area (Å²) in [7, 11) is 4.04. The molecule has 0 spiro atoms. The fraction of sp³-hybridized carbons (Fsp3) is 0.316. The minimum atomic E-state index is 0.111. The molecule has 0 saturated heterocycles. The lowest BCUT2D eigenvalue weighted by molar-refractivity contribution is -0.130.